The number of nitrogens with two attached hydrogens (primary N) is 1. The molecule has 164 valence electrons. The Morgan fingerprint density at radius 2 is 1.78 bits per heavy atom. The number of hydrogen-bond acceptors (Lipinski definition) is 4. The predicted octanol–water partition coefficient (Wildman–Crippen LogP) is 3.97. The molecule has 4 N–H and O–H groups in total. The van der Waals surface area contributed by atoms with Crippen LogP contribution in [0.15, 0.2) is 47.7 Å². The number of urea groups is 1. The topological polar surface area (TPSA) is 99.8 Å². The average Bonchev–Trinajstić information content (AvgIpc) is 3.34. The Hall–Kier alpha value is -3.61. The molecule has 2 aromatic carbocycles. The van der Waals surface area contributed by atoms with Crippen molar-refractivity contribution in [2.24, 2.45) is 10.8 Å². The largest absolute Gasteiger partial charge is 0.381 e. The average molecular weight is 430 g/mol. The SMILES string of the molecule is C=C1NC(=O)N(c2cc(C)c(Cc3ccc4c(c3)C3(CCCC3)C(=O)N4)c(C)c2)N=C1N. The number of aryl methyl sites for hydroxylation is 2. The molecule has 1 aliphatic carbocycles. The van der Waals surface area contributed by atoms with E-state index in [-0.39, 0.29) is 23.2 Å². The maximum Gasteiger partial charge on any atom is 0.347 e. The van der Waals surface area contributed by atoms with Gasteiger partial charge in [-0.15, -0.1) is 5.10 Å². The maximum absolute atomic E-state index is 12.7. The molecule has 0 aromatic heterocycles. The first kappa shape index (κ1) is 20.3. The minimum atomic E-state index is -0.381. The van der Waals surface area contributed by atoms with Crippen LogP contribution in [0.1, 0.15) is 53.5 Å². The highest BCUT2D eigenvalue weighted by molar-refractivity contribution is 6.08. The Labute approximate surface area is 187 Å². The zero-order valence-corrected chi connectivity index (χ0v) is 18.4. The third-order valence-electron chi connectivity index (χ3n) is 7.01. The van der Waals surface area contributed by atoms with Crippen molar-refractivity contribution in [2.75, 3.05) is 10.3 Å². The molecule has 3 aliphatic rings. The van der Waals surface area contributed by atoms with E-state index >= 15 is 0 Å². The molecule has 1 saturated carbocycles. The van der Waals surface area contributed by atoms with Crippen molar-refractivity contribution in [1.29, 1.82) is 0 Å². The lowest BCUT2D eigenvalue weighted by atomic mass is 9.79. The number of anilines is 2. The van der Waals surface area contributed by atoms with Crippen LogP contribution < -0.4 is 21.4 Å². The van der Waals surface area contributed by atoms with E-state index in [0.717, 1.165) is 54.5 Å². The van der Waals surface area contributed by atoms with Crippen molar-refractivity contribution >= 4 is 29.1 Å². The molecular weight excluding hydrogens is 402 g/mol. The van der Waals surface area contributed by atoms with E-state index in [2.05, 4.69) is 34.4 Å². The Kier molecular flexibility index (Phi) is 4.58. The summed E-state index contributed by atoms with van der Waals surface area (Å²) >= 11 is 0. The van der Waals surface area contributed by atoms with Gasteiger partial charge in [0.15, 0.2) is 5.84 Å². The monoisotopic (exact) mass is 429 g/mol. The van der Waals surface area contributed by atoms with E-state index in [9.17, 15) is 9.59 Å². The summed E-state index contributed by atoms with van der Waals surface area (Å²) in [6, 6.07) is 9.85. The van der Waals surface area contributed by atoms with Crippen molar-refractivity contribution in [1.82, 2.24) is 5.32 Å². The van der Waals surface area contributed by atoms with Gasteiger partial charge in [0, 0.05) is 5.69 Å². The summed E-state index contributed by atoms with van der Waals surface area (Å²) in [6.07, 6.45) is 4.80. The van der Waals surface area contributed by atoms with Gasteiger partial charge in [0.2, 0.25) is 5.91 Å². The molecule has 0 unspecified atom stereocenters. The summed E-state index contributed by atoms with van der Waals surface area (Å²) < 4.78 is 0. The smallest absolute Gasteiger partial charge is 0.347 e. The molecule has 2 heterocycles. The highest BCUT2D eigenvalue weighted by atomic mass is 16.2. The van der Waals surface area contributed by atoms with Crippen molar-refractivity contribution in [3.05, 3.63) is 70.4 Å². The molecule has 0 saturated heterocycles. The summed E-state index contributed by atoms with van der Waals surface area (Å²) in [6.45, 7) is 7.76. The summed E-state index contributed by atoms with van der Waals surface area (Å²) in [4.78, 5) is 25.1. The van der Waals surface area contributed by atoms with E-state index in [1.54, 1.807) is 0 Å². The van der Waals surface area contributed by atoms with Crippen LogP contribution in [0.4, 0.5) is 16.2 Å². The van der Waals surface area contributed by atoms with Crippen molar-refractivity contribution < 1.29 is 9.59 Å². The molecule has 2 aliphatic heterocycles. The first-order chi connectivity index (χ1) is 15.3. The second kappa shape index (κ2) is 7.22. The maximum atomic E-state index is 12.7. The van der Waals surface area contributed by atoms with Crippen molar-refractivity contribution in [3.8, 4) is 0 Å². The number of benzene rings is 2. The number of hydrazone groups is 1. The molecule has 1 spiro atoms. The molecule has 7 heteroatoms. The van der Waals surface area contributed by atoms with Gasteiger partial charge in [-0.25, -0.2) is 4.79 Å². The molecule has 0 radical (unpaired) electrons. The minimum absolute atomic E-state index is 0.154. The second-order valence-electron chi connectivity index (χ2n) is 9.06. The van der Waals surface area contributed by atoms with E-state index in [1.807, 2.05) is 32.0 Å². The Balaban J connectivity index is 1.46. The van der Waals surface area contributed by atoms with Crippen molar-refractivity contribution in [2.45, 2.75) is 51.4 Å². The van der Waals surface area contributed by atoms with Crippen LogP contribution in [0.2, 0.25) is 0 Å². The molecule has 32 heavy (non-hydrogen) atoms. The number of amides is 3. The van der Waals surface area contributed by atoms with Crippen LogP contribution in [-0.4, -0.2) is 17.8 Å². The third-order valence-corrected chi connectivity index (χ3v) is 7.01. The summed E-state index contributed by atoms with van der Waals surface area (Å²) in [5.74, 6) is 0.340. The minimum Gasteiger partial charge on any atom is -0.381 e. The van der Waals surface area contributed by atoms with Gasteiger partial charge in [0.1, 0.15) is 0 Å². The fraction of sp³-hybridized carbons (Fsp3) is 0.320. The van der Waals surface area contributed by atoms with Gasteiger partial charge in [0.25, 0.3) is 0 Å². The van der Waals surface area contributed by atoms with E-state index in [4.69, 9.17) is 5.73 Å². The molecule has 3 amide bonds. The molecule has 7 nitrogen and oxygen atoms in total. The van der Waals surface area contributed by atoms with E-state index in [1.165, 1.54) is 16.1 Å². The molecule has 5 rings (SSSR count). The van der Waals surface area contributed by atoms with Gasteiger partial charge < -0.3 is 16.4 Å². The Morgan fingerprint density at radius 3 is 2.47 bits per heavy atom. The van der Waals surface area contributed by atoms with Crippen LogP contribution in [0.3, 0.4) is 0 Å². The normalized spacial score (nSPS) is 19.1. The lowest BCUT2D eigenvalue weighted by molar-refractivity contribution is -0.120. The fourth-order valence-corrected chi connectivity index (χ4v) is 5.26. The van der Waals surface area contributed by atoms with Crippen LogP contribution in [-0.2, 0) is 16.6 Å². The Bertz CT molecular complexity index is 1180. The first-order valence-corrected chi connectivity index (χ1v) is 11.0. The first-order valence-electron chi connectivity index (χ1n) is 11.0. The Morgan fingerprint density at radius 1 is 1.09 bits per heavy atom. The van der Waals surface area contributed by atoms with Gasteiger partial charge in [0.05, 0.1) is 16.8 Å². The third kappa shape index (κ3) is 3.07. The van der Waals surface area contributed by atoms with Gasteiger partial charge in [-0.2, -0.15) is 5.01 Å². The highest BCUT2D eigenvalue weighted by Crippen LogP contribution is 2.49. The highest BCUT2D eigenvalue weighted by Gasteiger charge is 2.48. The van der Waals surface area contributed by atoms with Gasteiger partial charge in [-0.1, -0.05) is 31.6 Å². The molecular formula is C25H27N5O2. The van der Waals surface area contributed by atoms with Gasteiger partial charge >= 0.3 is 6.03 Å². The van der Waals surface area contributed by atoms with E-state index < -0.39 is 0 Å². The number of rotatable bonds is 3. The number of hydrogen-bond donors (Lipinski definition) is 3. The molecule has 0 atom stereocenters. The van der Waals surface area contributed by atoms with Crippen LogP contribution in [0, 0.1) is 13.8 Å². The fourth-order valence-electron chi connectivity index (χ4n) is 5.26. The zero-order chi connectivity index (χ0) is 22.6. The van der Waals surface area contributed by atoms with E-state index in [0.29, 0.717) is 11.4 Å². The predicted molar refractivity (Wildman–Crippen MR) is 126 cm³/mol. The summed E-state index contributed by atoms with van der Waals surface area (Å²) in [7, 11) is 0. The number of carbonyl (C=O) groups excluding carboxylic acids is 2. The molecule has 1 fully saturated rings. The standard InChI is InChI=1S/C25H27N5O2/c1-14-10-18(30-24(32)27-16(3)22(26)29-30)11-15(2)19(14)12-17-6-7-21-20(13-17)25(23(31)28-21)8-4-5-9-25/h6-7,10-11,13H,3-5,8-9,12H2,1-2H3,(H2,26,29)(H,27,32)(H,28,31). The summed E-state index contributed by atoms with van der Waals surface area (Å²) in [5.41, 5.74) is 13.1. The molecule has 0 bridgehead atoms. The van der Waals surface area contributed by atoms with Crippen molar-refractivity contribution in [3.63, 3.8) is 0 Å². The number of nitrogens with one attached hydrogen (secondary N) is 2. The van der Waals surface area contributed by atoms with Crippen LogP contribution >= 0.6 is 0 Å². The van der Waals surface area contributed by atoms with Crippen LogP contribution in [0.5, 0.6) is 0 Å². The van der Waals surface area contributed by atoms with Gasteiger partial charge in [-0.05, 0) is 79.1 Å². The summed E-state index contributed by atoms with van der Waals surface area (Å²) in [5, 5.41) is 11.2. The second-order valence-corrected chi connectivity index (χ2v) is 9.06. The number of fused-ring (bicyclic) bond motifs is 2. The molecule has 2 aromatic rings. The lowest BCUT2D eigenvalue weighted by Gasteiger charge is -2.25. The van der Waals surface area contributed by atoms with Gasteiger partial charge in [-0.3, -0.25) is 4.79 Å². The quantitative estimate of drug-likeness (QED) is 0.688. The number of amidine groups is 1. The number of carbonyl (C=O) groups is 2. The zero-order valence-electron chi connectivity index (χ0n) is 18.4. The van der Waals surface area contributed by atoms with Crippen LogP contribution in [0.25, 0.3) is 0 Å². The number of nitrogens with zero attached hydrogens (tertiary/aromatic N) is 2. The lowest BCUT2D eigenvalue weighted by Crippen LogP contribution is -2.45.